The van der Waals surface area contributed by atoms with Crippen molar-refractivity contribution < 1.29 is 0 Å². The van der Waals surface area contributed by atoms with Crippen LogP contribution in [-0.2, 0) is 0 Å². The first kappa shape index (κ1) is 9.02. The standard InChI is InChI=1S/C10H8BrN/c11-10-7-2-1-5-9(10)6-3-4-8-12/h1-3,5-7H,4H2. The van der Waals surface area contributed by atoms with E-state index in [2.05, 4.69) is 22.0 Å². The van der Waals surface area contributed by atoms with E-state index in [9.17, 15) is 0 Å². The maximum absolute atomic E-state index is 8.30. The summed E-state index contributed by atoms with van der Waals surface area (Å²) in [7, 11) is 0. The van der Waals surface area contributed by atoms with Crippen molar-refractivity contribution in [1.29, 1.82) is 5.26 Å². The van der Waals surface area contributed by atoms with E-state index in [1.807, 2.05) is 36.4 Å². The maximum atomic E-state index is 8.30. The van der Waals surface area contributed by atoms with E-state index in [4.69, 9.17) is 5.26 Å². The number of rotatable bonds is 2. The first-order valence-corrected chi connectivity index (χ1v) is 4.42. The van der Waals surface area contributed by atoms with Crippen LogP contribution in [-0.4, -0.2) is 0 Å². The lowest BCUT2D eigenvalue weighted by molar-refractivity contribution is 1.36. The van der Waals surface area contributed by atoms with Gasteiger partial charge in [-0.2, -0.15) is 5.26 Å². The third kappa shape index (κ3) is 2.52. The zero-order valence-corrected chi connectivity index (χ0v) is 8.08. The van der Waals surface area contributed by atoms with Gasteiger partial charge >= 0.3 is 0 Å². The molecule has 0 aliphatic rings. The molecule has 0 atom stereocenters. The Balaban J connectivity index is 2.77. The Labute approximate surface area is 80.5 Å². The fourth-order valence-electron chi connectivity index (χ4n) is 0.849. The molecule has 0 heterocycles. The van der Waals surface area contributed by atoms with Gasteiger partial charge in [0, 0.05) is 4.47 Å². The molecule has 0 saturated carbocycles. The van der Waals surface area contributed by atoms with Gasteiger partial charge in [-0.25, -0.2) is 0 Å². The van der Waals surface area contributed by atoms with Crippen molar-refractivity contribution in [3.05, 3.63) is 40.4 Å². The van der Waals surface area contributed by atoms with E-state index in [-0.39, 0.29) is 0 Å². The zero-order valence-electron chi connectivity index (χ0n) is 6.50. The summed E-state index contributed by atoms with van der Waals surface area (Å²) in [5.74, 6) is 0. The van der Waals surface area contributed by atoms with Crippen LogP contribution in [0.1, 0.15) is 12.0 Å². The van der Waals surface area contributed by atoms with Crippen LogP contribution in [0.25, 0.3) is 6.08 Å². The lowest BCUT2D eigenvalue weighted by Gasteiger charge is -1.94. The first-order chi connectivity index (χ1) is 5.84. The molecule has 0 aliphatic heterocycles. The maximum Gasteiger partial charge on any atom is 0.0663 e. The molecule has 0 spiro atoms. The van der Waals surface area contributed by atoms with Gasteiger partial charge in [0.25, 0.3) is 0 Å². The normalized spacial score (nSPS) is 10.0. The molecule has 0 radical (unpaired) electrons. The quantitative estimate of drug-likeness (QED) is 0.752. The Morgan fingerprint density at radius 2 is 2.17 bits per heavy atom. The molecular formula is C10H8BrN. The Morgan fingerprint density at radius 3 is 2.83 bits per heavy atom. The predicted molar refractivity (Wildman–Crippen MR) is 53.4 cm³/mol. The van der Waals surface area contributed by atoms with Crippen molar-refractivity contribution in [2.75, 3.05) is 0 Å². The smallest absolute Gasteiger partial charge is 0.0663 e. The van der Waals surface area contributed by atoms with Crippen molar-refractivity contribution >= 4 is 22.0 Å². The van der Waals surface area contributed by atoms with Crippen LogP contribution >= 0.6 is 15.9 Å². The van der Waals surface area contributed by atoms with Gasteiger partial charge in [-0.3, -0.25) is 0 Å². The molecule has 0 unspecified atom stereocenters. The number of nitrogens with zero attached hydrogens (tertiary/aromatic N) is 1. The fourth-order valence-corrected chi connectivity index (χ4v) is 1.27. The van der Waals surface area contributed by atoms with E-state index in [0.717, 1.165) is 10.0 Å². The van der Waals surface area contributed by atoms with Crippen LogP contribution < -0.4 is 0 Å². The second kappa shape index (κ2) is 4.74. The van der Waals surface area contributed by atoms with Crippen LogP contribution in [0.3, 0.4) is 0 Å². The second-order valence-corrected chi connectivity index (χ2v) is 3.14. The SMILES string of the molecule is N#CCC=Cc1ccccc1Br. The Morgan fingerprint density at radius 1 is 1.42 bits per heavy atom. The monoisotopic (exact) mass is 221 g/mol. The van der Waals surface area contributed by atoms with Crippen molar-refractivity contribution in [2.24, 2.45) is 0 Å². The molecule has 0 fully saturated rings. The molecule has 0 N–H and O–H groups in total. The van der Waals surface area contributed by atoms with Gasteiger partial charge in [-0.15, -0.1) is 0 Å². The number of allylic oxidation sites excluding steroid dienone is 1. The third-order valence-corrected chi connectivity index (χ3v) is 2.13. The molecule has 60 valence electrons. The number of hydrogen-bond acceptors (Lipinski definition) is 1. The first-order valence-electron chi connectivity index (χ1n) is 3.62. The van der Waals surface area contributed by atoms with Gasteiger partial charge in [0.2, 0.25) is 0 Å². The van der Waals surface area contributed by atoms with E-state index in [0.29, 0.717) is 6.42 Å². The van der Waals surface area contributed by atoms with Crippen LogP contribution in [0.4, 0.5) is 0 Å². The molecule has 1 nitrogen and oxygen atoms in total. The summed E-state index contributed by atoms with van der Waals surface area (Å²) >= 11 is 3.41. The molecular weight excluding hydrogens is 214 g/mol. The second-order valence-electron chi connectivity index (χ2n) is 2.29. The summed E-state index contributed by atoms with van der Waals surface area (Å²) in [6.45, 7) is 0. The molecule has 0 aromatic heterocycles. The minimum Gasteiger partial charge on any atom is -0.198 e. The van der Waals surface area contributed by atoms with Gasteiger partial charge in [-0.1, -0.05) is 46.3 Å². The van der Waals surface area contributed by atoms with Gasteiger partial charge in [0.1, 0.15) is 0 Å². The van der Waals surface area contributed by atoms with Crippen molar-refractivity contribution in [1.82, 2.24) is 0 Å². The average Bonchev–Trinajstić information content (AvgIpc) is 2.09. The Kier molecular flexibility index (Phi) is 3.56. The summed E-state index contributed by atoms with van der Waals surface area (Å²) in [4.78, 5) is 0. The highest BCUT2D eigenvalue weighted by Gasteiger charge is 1.90. The van der Waals surface area contributed by atoms with Crippen LogP contribution in [0.15, 0.2) is 34.8 Å². The van der Waals surface area contributed by atoms with Crippen LogP contribution in [0.2, 0.25) is 0 Å². The molecule has 0 saturated heterocycles. The number of nitriles is 1. The lowest BCUT2D eigenvalue weighted by atomic mass is 10.2. The van der Waals surface area contributed by atoms with E-state index in [1.165, 1.54) is 0 Å². The highest BCUT2D eigenvalue weighted by molar-refractivity contribution is 9.10. The van der Waals surface area contributed by atoms with E-state index >= 15 is 0 Å². The minimum absolute atomic E-state index is 0.460. The van der Waals surface area contributed by atoms with Gasteiger partial charge in [0.05, 0.1) is 12.5 Å². The Hall–Kier alpha value is -1.07. The third-order valence-electron chi connectivity index (χ3n) is 1.41. The largest absolute Gasteiger partial charge is 0.198 e. The number of hydrogen-bond donors (Lipinski definition) is 0. The number of benzene rings is 1. The zero-order chi connectivity index (χ0) is 8.81. The molecule has 0 aliphatic carbocycles. The highest BCUT2D eigenvalue weighted by Crippen LogP contribution is 2.17. The van der Waals surface area contributed by atoms with Crippen LogP contribution in [0, 0.1) is 11.3 Å². The molecule has 1 rings (SSSR count). The molecule has 0 amide bonds. The Bertz CT molecular complexity index is 323. The molecule has 12 heavy (non-hydrogen) atoms. The summed E-state index contributed by atoms with van der Waals surface area (Å²) < 4.78 is 1.05. The van der Waals surface area contributed by atoms with Crippen molar-refractivity contribution in [2.45, 2.75) is 6.42 Å². The molecule has 1 aromatic rings. The summed E-state index contributed by atoms with van der Waals surface area (Å²) in [6, 6.07) is 9.96. The summed E-state index contributed by atoms with van der Waals surface area (Å²) in [5.41, 5.74) is 1.10. The van der Waals surface area contributed by atoms with E-state index in [1.54, 1.807) is 0 Å². The molecule has 1 aromatic carbocycles. The van der Waals surface area contributed by atoms with Gasteiger partial charge < -0.3 is 0 Å². The van der Waals surface area contributed by atoms with Crippen molar-refractivity contribution in [3.63, 3.8) is 0 Å². The molecule has 0 bridgehead atoms. The lowest BCUT2D eigenvalue weighted by Crippen LogP contribution is -1.72. The van der Waals surface area contributed by atoms with Gasteiger partial charge in [0.15, 0.2) is 0 Å². The van der Waals surface area contributed by atoms with Gasteiger partial charge in [-0.05, 0) is 11.6 Å². The number of halogens is 1. The topological polar surface area (TPSA) is 23.8 Å². The fraction of sp³-hybridized carbons (Fsp3) is 0.100. The predicted octanol–water partition coefficient (Wildman–Crippen LogP) is 3.38. The highest BCUT2D eigenvalue weighted by atomic mass is 79.9. The van der Waals surface area contributed by atoms with Crippen molar-refractivity contribution in [3.8, 4) is 6.07 Å². The summed E-state index contributed by atoms with van der Waals surface area (Å²) in [5, 5.41) is 8.30. The average molecular weight is 222 g/mol. The minimum atomic E-state index is 0.460. The van der Waals surface area contributed by atoms with E-state index < -0.39 is 0 Å². The summed E-state index contributed by atoms with van der Waals surface area (Å²) in [6.07, 6.45) is 4.24. The van der Waals surface area contributed by atoms with Crippen LogP contribution in [0.5, 0.6) is 0 Å². The molecule has 2 heteroatoms.